The minimum atomic E-state index is -0.100. The zero-order valence-corrected chi connectivity index (χ0v) is 31.4. The molecular weight excluding hydrogens is 627 g/mol. The topological polar surface area (TPSA) is 46.2 Å². The van der Waals surface area contributed by atoms with Crippen molar-refractivity contribution in [2.24, 2.45) is 0 Å². The lowest BCUT2D eigenvalue weighted by Gasteiger charge is -2.27. The predicted molar refractivity (Wildman–Crippen MR) is 211 cm³/mol. The molecule has 6 nitrogen and oxygen atoms in total. The van der Waals surface area contributed by atoms with Gasteiger partial charge in [-0.25, -0.2) is 4.68 Å². The number of hydrogen-bond donors (Lipinski definition) is 0. The second kappa shape index (κ2) is 14.0. The van der Waals surface area contributed by atoms with Gasteiger partial charge in [-0.15, -0.1) is 5.10 Å². The third kappa shape index (κ3) is 6.09. The highest BCUT2D eigenvalue weighted by atomic mass is 16.5. The van der Waals surface area contributed by atoms with E-state index in [1.54, 1.807) is 7.11 Å². The molecule has 0 unspecified atom stereocenters. The van der Waals surface area contributed by atoms with Crippen LogP contribution in [0.3, 0.4) is 0 Å². The van der Waals surface area contributed by atoms with Gasteiger partial charge in [0, 0.05) is 53.0 Å². The molecule has 0 amide bonds. The first-order chi connectivity index (χ1) is 24.7. The molecule has 0 bridgehead atoms. The van der Waals surface area contributed by atoms with E-state index in [1.807, 2.05) is 28.9 Å². The van der Waals surface area contributed by atoms with Gasteiger partial charge in [-0.3, -0.25) is 0 Å². The van der Waals surface area contributed by atoms with Crippen molar-refractivity contribution < 1.29 is 9.31 Å². The van der Waals surface area contributed by atoms with E-state index in [4.69, 9.17) is 15.0 Å². The van der Waals surface area contributed by atoms with Crippen LogP contribution in [0.5, 0.6) is 5.75 Å². The number of nitrogens with zero attached hydrogens (tertiary/aromatic N) is 5. The highest BCUT2D eigenvalue weighted by Gasteiger charge is 2.44. The Morgan fingerprint density at radius 3 is 2.35 bits per heavy atom. The number of aromatic nitrogens is 3. The van der Waals surface area contributed by atoms with Gasteiger partial charge in [0.1, 0.15) is 18.0 Å². The van der Waals surface area contributed by atoms with E-state index in [0.717, 1.165) is 67.9 Å². The van der Waals surface area contributed by atoms with Crippen molar-refractivity contribution in [3.63, 3.8) is 0 Å². The molecule has 4 aromatic rings. The summed E-state index contributed by atoms with van der Waals surface area (Å²) in [5, 5.41) is 9.49. The average molecular weight is 679 g/mol. The first-order valence-electron chi connectivity index (χ1n) is 18.7. The van der Waals surface area contributed by atoms with Crippen molar-refractivity contribution in [3.8, 4) is 17.0 Å². The second-order valence-electron chi connectivity index (χ2n) is 15.0. The Morgan fingerprint density at radius 2 is 1.57 bits per heavy atom. The Kier molecular flexibility index (Phi) is 9.45. The number of methoxy groups -OCH3 is 1. The number of para-hydroxylation sites is 3. The third-order valence-electron chi connectivity index (χ3n) is 11.0. The van der Waals surface area contributed by atoms with Gasteiger partial charge in [0.25, 0.3) is 0 Å². The van der Waals surface area contributed by atoms with Gasteiger partial charge < -0.3 is 9.64 Å². The first-order valence-corrected chi connectivity index (χ1v) is 18.7. The molecule has 1 aromatic heterocycles. The van der Waals surface area contributed by atoms with Gasteiger partial charge in [0.05, 0.1) is 24.4 Å². The van der Waals surface area contributed by atoms with E-state index in [2.05, 4.69) is 130 Å². The highest BCUT2D eigenvalue weighted by Crippen LogP contribution is 2.48. The van der Waals surface area contributed by atoms with Crippen LogP contribution in [-0.2, 0) is 10.8 Å². The Morgan fingerprint density at radius 1 is 0.824 bits per heavy atom. The van der Waals surface area contributed by atoms with Crippen LogP contribution >= 0.6 is 0 Å². The van der Waals surface area contributed by atoms with E-state index in [9.17, 15) is 0 Å². The van der Waals surface area contributed by atoms with Gasteiger partial charge in [0.15, 0.2) is 5.71 Å². The largest absolute Gasteiger partial charge is 0.496 e. The summed E-state index contributed by atoms with van der Waals surface area (Å²) < 4.78 is 10.2. The second-order valence-corrected chi connectivity index (χ2v) is 15.0. The van der Waals surface area contributed by atoms with Crippen LogP contribution in [0, 0.1) is 0 Å². The molecule has 0 radical (unpaired) electrons. The fourth-order valence-electron chi connectivity index (χ4n) is 8.45. The van der Waals surface area contributed by atoms with Crippen molar-refractivity contribution in [2.45, 2.75) is 84.5 Å². The summed E-state index contributed by atoms with van der Waals surface area (Å²) in [5.74, 6) is 0.789. The molecule has 3 aliphatic rings. The minimum Gasteiger partial charge on any atom is -0.496 e. The molecule has 0 spiro atoms. The molecule has 2 aliphatic heterocycles. The summed E-state index contributed by atoms with van der Waals surface area (Å²) in [5.41, 5.74) is 13.3. The Bertz CT molecular complexity index is 2100. The van der Waals surface area contributed by atoms with Gasteiger partial charge >= 0.3 is 0 Å². The molecular formula is C45H52N5O+. The molecule has 0 fully saturated rings. The summed E-state index contributed by atoms with van der Waals surface area (Å²) in [4.78, 5) is 2.52. The molecule has 6 heteroatoms. The van der Waals surface area contributed by atoms with Crippen LogP contribution in [0.4, 0.5) is 11.4 Å². The zero-order chi connectivity index (χ0) is 35.8. The van der Waals surface area contributed by atoms with Crippen molar-refractivity contribution in [1.82, 2.24) is 15.0 Å². The van der Waals surface area contributed by atoms with Crippen LogP contribution in [-0.4, -0.2) is 45.5 Å². The molecule has 0 saturated carbocycles. The number of ether oxygens (including phenoxy) is 1. The smallest absolute Gasteiger partial charge is 0.209 e. The Hall–Kier alpha value is -4.97. The van der Waals surface area contributed by atoms with Gasteiger partial charge in [0.2, 0.25) is 5.69 Å². The van der Waals surface area contributed by atoms with Gasteiger partial charge in [-0.1, -0.05) is 93.6 Å². The molecule has 262 valence electrons. The van der Waals surface area contributed by atoms with Crippen LogP contribution in [0.2, 0.25) is 0 Å². The van der Waals surface area contributed by atoms with Crippen LogP contribution < -0.4 is 9.64 Å². The Labute approximate surface area is 304 Å². The number of anilines is 1. The van der Waals surface area contributed by atoms with Crippen molar-refractivity contribution in [2.75, 3.05) is 25.1 Å². The lowest BCUT2D eigenvalue weighted by molar-refractivity contribution is -0.437. The quantitative estimate of drug-likeness (QED) is 0.157. The van der Waals surface area contributed by atoms with Crippen molar-refractivity contribution in [1.29, 1.82) is 0 Å². The van der Waals surface area contributed by atoms with Crippen LogP contribution in [0.1, 0.15) is 84.8 Å². The lowest BCUT2D eigenvalue weighted by Crippen LogP contribution is -2.28. The summed E-state index contributed by atoms with van der Waals surface area (Å²) >= 11 is 0. The molecule has 1 aliphatic carbocycles. The number of allylic oxidation sites excluding steroid dienone is 8. The highest BCUT2D eigenvalue weighted by molar-refractivity contribution is 6.03. The average Bonchev–Trinajstić information content (AvgIpc) is 3.77. The molecule has 0 saturated heterocycles. The molecule has 3 heterocycles. The number of hydrogen-bond acceptors (Lipinski definition) is 4. The van der Waals surface area contributed by atoms with E-state index >= 15 is 0 Å². The number of rotatable bonds is 10. The zero-order valence-electron chi connectivity index (χ0n) is 31.4. The van der Waals surface area contributed by atoms with Crippen LogP contribution in [0.25, 0.3) is 17.0 Å². The van der Waals surface area contributed by atoms with Crippen molar-refractivity contribution >= 4 is 22.8 Å². The monoisotopic (exact) mass is 678 g/mol. The number of fused-ring (bicyclic) bond motifs is 2. The van der Waals surface area contributed by atoms with Gasteiger partial charge in [-0.2, -0.15) is 4.58 Å². The van der Waals surface area contributed by atoms with E-state index in [-0.39, 0.29) is 10.8 Å². The maximum Gasteiger partial charge on any atom is 0.209 e. The molecule has 0 atom stereocenters. The SMILES string of the molecule is CCCN1/C(=C/C=C2\CCCC(/C=C/C3=[N+](CCC)c4ccccc4C3(C)C)=C2n2cc(-c3ccccc3OC)nn2)C(C)(C)c2ccccc21. The fraction of sp³-hybridized carbons (Fsp3) is 0.356. The molecule has 0 N–H and O–H groups in total. The molecule has 3 aromatic carbocycles. The van der Waals surface area contributed by atoms with Crippen molar-refractivity contribution in [3.05, 3.63) is 131 Å². The number of benzene rings is 3. The predicted octanol–water partition coefficient (Wildman–Crippen LogP) is 10.4. The summed E-state index contributed by atoms with van der Waals surface area (Å²) in [6.07, 6.45) is 16.7. The van der Waals surface area contributed by atoms with Crippen LogP contribution in [0.15, 0.2) is 120 Å². The summed E-state index contributed by atoms with van der Waals surface area (Å²) in [7, 11) is 1.71. The molecule has 51 heavy (non-hydrogen) atoms. The van der Waals surface area contributed by atoms with E-state index < -0.39 is 0 Å². The van der Waals surface area contributed by atoms with E-state index in [0.29, 0.717) is 0 Å². The lowest BCUT2D eigenvalue weighted by atomic mass is 9.81. The normalized spacial score (nSPS) is 19.5. The fourth-order valence-corrected chi connectivity index (χ4v) is 8.45. The first kappa shape index (κ1) is 34.5. The summed E-state index contributed by atoms with van der Waals surface area (Å²) in [6.45, 7) is 15.9. The van der Waals surface area contributed by atoms with E-state index in [1.165, 1.54) is 45.1 Å². The summed E-state index contributed by atoms with van der Waals surface area (Å²) in [6, 6.07) is 25.8. The third-order valence-corrected chi connectivity index (χ3v) is 11.0. The molecule has 7 rings (SSSR count). The minimum absolute atomic E-state index is 0.100. The maximum absolute atomic E-state index is 5.71. The standard InChI is InChI=1S/C45H52N5O/c1-8-29-48-38-22-13-11-20-35(38)44(3,4)41(48)27-25-32-17-16-18-33(43(32)50-31-37(46-47-50)34-19-10-15-24-40(34)51-7)26-28-42-45(5,6)36-21-12-14-23-39(36)49(42)30-9-2/h10-15,19-28,31H,8-9,16-18,29-30H2,1-7H3/q+1. The Balaban J connectivity index is 1.37. The van der Waals surface area contributed by atoms with Gasteiger partial charge in [-0.05, 0) is 80.5 Å². The maximum atomic E-state index is 5.71.